The van der Waals surface area contributed by atoms with E-state index in [1.165, 1.54) is 18.3 Å². The minimum Gasteiger partial charge on any atom is -0.476 e. The molecule has 0 spiro atoms. The van der Waals surface area contributed by atoms with Gasteiger partial charge >= 0.3 is 5.82 Å². The molecule has 7 nitrogen and oxygen atoms in total. The summed E-state index contributed by atoms with van der Waals surface area (Å²) in [6, 6.07) is 9.96. The van der Waals surface area contributed by atoms with Gasteiger partial charge in [-0.05, 0) is 50.1 Å². The Bertz CT molecular complexity index is 678. The van der Waals surface area contributed by atoms with Crippen LogP contribution in [0.25, 0.3) is 0 Å². The molecule has 0 saturated carbocycles. The number of carbonyl (C=O) groups is 1. The predicted octanol–water partition coefficient (Wildman–Crippen LogP) is 2.77. The Morgan fingerprint density at radius 1 is 1.33 bits per heavy atom. The van der Waals surface area contributed by atoms with Crippen molar-refractivity contribution in [2.45, 2.75) is 0 Å². The van der Waals surface area contributed by atoms with E-state index in [2.05, 4.69) is 26.2 Å². The number of rotatable bonds is 5. The second kappa shape index (κ2) is 6.80. The SMILES string of the molecule is O=C(COc1cccnc1[N+](=O)[O-])Nc1ccccc1Br. The van der Waals surface area contributed by atoms with Gasteiger partial charge in [0, 0.05) is 4.47 Å². The predicted molar refractivity (Wildman–Crippen MR) is 79.2 cm³/mol. The fourth-order valence-electron chi connectivity index (χ4n) is 1.52. The highest BCUT2D eigenvalue weighted by Crippen LogP contribution is 2.23. The second-order valence-corrected chi connectivity index (χ2v) is 4.75. The van der Waals surface area contributed by atoms with Gasteiger partial charge in [0.15, 0.2) is 6.61 Å². The first-order valence-electron chi connectivity index (χ1n) is 5.84. The van der Waals surface area contributed by atoms with Crippen molar-refractivity contribution in [3.8, 4) is 5.75 Å². The number of hydrogen-bond acceptors (Lipinski definition) is 5. The van der Waals surface area contributed by atoms with Crippen LogP contribution in [-0.4, -0.2) is 22.4 Å². The standard InChI is InChI=1S/C13H10BrN3O4/c14-9-4-1-2-5-10(9)16-12(18)8-21-11-6-3-7-15-13(11)17(19)20/h1-7H,8H2,(H,16,18). The van der Waals surface area contributed by atoms with Gasteiger partial charge in [0.2, 0.25) is 5.75 Å². The molecule has 0 aliphatic rings. The van der Waals surface area contributed by atoms with Crippen LogP contribution < -0.4 is 10.1 Å². The number of anilines is 1. The fraction of sp³-hybridized carbons (Fsp3) is 0.0769. The molecule has 1 amide bonds. The molecule has 8 heteroatoms. The zero-order valence-corrected chi connectivity index (χ0v) is 12.2. The number of carbonyl (C=O) groups excluding carboxylic acids is 1. The van der Waals surface area contributed by atoms with Gasteiger partial charge in [0.25, 0.3) is 5.91 Å². The molecule has 1 N–H and O–H groups in total. The molecule has 1 heterocycles. The summed E-state index contributed by atoms with van der Waals surface area (Å²) in [5.41, 5.74) is 0.590. The van der Waals surface area contributed by atoms with Gasteiger partial charge in [-0.3, -0.25) is 4.79 Å². The van der Waals surface area contributed by atoms with Crippen molar-refractivity contribution in [1.82, 2.24) is 4.98 Å². The van der Waals surface area contributed by atoms with Crippen LogP contribution in [0.2, 0.25) is 0 Å². The van der Waals surface area contributed by atoms with Crippen LogP contribution in [0.5, 0.6) is 5.75 Å². The number of nitrogens with one attached hydrogen (secondary N) is 1. The summed E-state index contributed by atoms with van der Waals surface area (Å²) >= 11 is 3.30. The lowest BCUT2D eigenvalue weighted by atomic mass is 10.3. The molecular weight excluding hydrogens is 342 g/mol. The molecular formula is C13H10BrN3O4. The van der Waals surface area contributed by atoms with Crippen molar-refractivity contribution in [2.24, 2.45) is 0 Å². The van der Waals surface area contributed by atoms with Crippen LogP contribution >= 0.6 is 15.9 Å². The zero-order chi connectivity index (χ0) is 15.2. The van der Waals surface area contributed by atoms with Gasteiger partial charge < -0.3 is 20.2 Å². The van der Waals surface area contributed by atoms with Gasteiger partial charge in [-0.15, -0.1) is 0 Å². The summed E-state index contributed by atoms with van der Waals surface area (Å²) < 4.78 is 5.87. The van der Waals surface area contributed by atoms with E-state index in [0.29, 0.717) is 5.69 Å². The average molecular weight is 352 g/mol. The number of halogens is 1. The van der Waals surface area contributed by atoms with Gasteiger partial charge in [0.1, 0.15) is 6.20 Å². The fourth-order valence-corrected chi connectivity index (χ4v) is 1.91. The molecule has 0 fully saturated rings. The Kier molecular flexibility index (Phi) is 4.83. The average Bonchev–Trinajstić information content (AvgIpc) is 2.48. The molecule has 0 unspecified atom stereocenters. The Morgan fingerprint density at radius 3 is 2.81 bits per heavy atom. The van der Waals surface area contributed by atoms with Crippen molar-refractivity contribution in [3.05, 3.63) is 57.2 Å². The summed E-state index contributed by atoms with van der Waals surface area (Å²) in [6.07, 6.45) is 1.28. The summed E-state index contributed by atoms with van der Waals surface area (Å²) in [5.74, 6) is -0.906. The molecule has 0 saturated heterocycles. The van der Waals surface area contributed by atoms with Crippen LogP contribution in [0.15, 0.2) is 47.1 Å². The lowest BCUT2D eigenvalue weighted by molar-refractivity contribution is -0.390. The Hall–Kier alpha value is -2.48. The summed E-state index contributed by atoms with van der Waals surface area (Å²) in [4.78, 5) is 25.5. The number of amides is 1. The highest BCUT2D eigenvalue weighted by atomic mass is 79.9. The van der Waals surface area contributed by atoms with Crippen molar-refractivity contribution in [3.63, 3.8) is 0 Å². The number of aromatic nitrogens is 1. The van der Waals surface area contributed by atoms with Crippen molar-refractivity contribution >= 4 is 33.3 Å². The number of hydrogen-bond donors (Lipinski definition) is 1. The van der Waals surface area contributed by atoms with E-state index >= 15 is 0 Å². The first kappa shape index (κ1) is 14.9. The number of ether oxygens (including phenoxy) is 1. The number of benzene rings is 1. The largest absolute Gasteiger partial charge is 0.476 e. The number of para-hydroxylation sites is 1. The van der Waals surface area contributed by atoms with E-state index in [1.54, 1.807) is 18.2 Å². The third-order valence-electron chi connectivity index (χ3n) is 2.43. The van der Waals surface area contributed by atoms with Gasteiger partial charge in [-0.2, -0.15) is 0 Å². The maximum atomic E-state index is 11.8. The van der Waals surface area contributed by atoms with Crippen LogP contribution in [0, 0.1) is 10.1 Å². The van der Waals surface area contributed by atoms with Crippen molar-refractivity contribution in [1.29, 1.82) is 0 Å². The highest BCUT2D eigenvalue weighted by molar-refractivity contribution is 9.10. The lowest BCUT2D eigenvalue weighted by Gasteiger charge is -2.08. The molecule has 21 heavy (non-hydrogen) atoms. The molecule has 2 rings (SSSR count). The van der Waals surface area contributed by atoms with Gasteiger partial charge in [-0.25, -0.2) is 0 Å². The molecule has 2 aromatic rings. The summed E-state index contributed by atoms with van der Waals surface area (Å²) in [7, 11) is 0. The van der Waals surface area contributed by atoms with E-state index in [1.807, 2.05) is 6.07 Å². The third-order valence-corrected chi connectivity index (χ3v) is 3.12. The molecule has 0 bridgehead atoms. The first-order valence-corrected chi connectivity index (χ1v) is 6.64. The Morgan fingerprint density at radius 2 is 2.10 bits per heavy atom. The third kappa shape index (κ3) is 3.99. The van der Waals surface area contributed by atoms with Crippen molar-refractivity contribution < 1.29 is 14.5 Å². The summed E-state index contributed by atoms with van der Waals surface area (Å²) in [5, 5.41) is 13.4. The summed E-state index contributed by atoms with van der Waals surface area (Å²) in [6.45, 7) is -0.353. The van der Waals surface area contributed by atoms with E-state index in [4.69, 9.17) is 4.74 Å². The molecule has 0 aliphatic heterocycles. The minimum atomic E-state index is -0.666. The van der Waals surface area contributed by atoms with Crippen LogP contribution in [0.4, 0.5) is 11.5 Å². The first-order chi connectivity index (χ1) is 10.1. The molecule has 0 atom stereocenters. The van der Waals surface area contributed by atoms with Crippen molar-refractivity contribution in [2.75, 3.05) is 11.9 Å². The molecule has 1 aromatic carbocycles. The van der Waals surface area contributed by atoms with E-state index in [9.17, 15) is 14.9 Å². The molecule has 1 aromatic heterocycles. The van der Waals surface area contributed by atoms with E-state index in [0.717, 1.165) is 4.47 Å². The van der Waals surface area contributed by atoms with Crippen LogP contribution in [0.3, 0.4) is 0 Å². The van der Waals surface area contributed by atoms with Crippen LogP contribution in [0.1, 0.15) is 0 Å². The highest BCUT2D eigenvalue weighted by Gasteiger charge is 2.16. The Labute approximate surface area is 128 Å². The maximum absolute atomic E-state index is 11.8. The lowest BCUT2D eigenvalue weighted by Crippen LogP contribution is -2.20. The quantitative estimate of drug-likeness (QED) is 0.660. The van der Waals surface area contributed by atoms with E-state index < -0.39 is 16.6 Å². The smallest absolute Gasteiger partial charge is 0.406 e. The normalized spacial score (nSPS) is 9.95. The minimum absolute atomic E-state index is 0.0511. The number of nitro groups is 1. The maximum Gasteiger partial charge on any atom is 0.406 e. The number of pyridine rings is 1. The topological polar surface area (TPSA) is 94.4 Å². The van der Waals surface area contributed by atoms with E-state index in [-0.39, 0.29) is 12.4 Å². The Balaban J connectivity index is 1.99. The second-order valence-electron chi connectivity index (χ2n) is 3.90. The molecule has 0 aliphatic carbocycles. The molecule has 108 valence electrons. The van der Waals surface area contributed by atoms with Crippen LogP contribution in [-0.2, 0) is 4.79 Å². The monoisotopic (exact) mass is 351 g/mol. The zero-order valence-electron chi connectivity index (χ0n) is 10.7. The van der Waals surface area contributed by atoms with Gasteiger partial charge in [-0.1, -0.05) is 12.1 Å². The number of nitrogens with zero attached hydrogens (tertiary/aromatic N) is 2. The van der Waals surface area contributed by atoms with Gasteiger partial charge in [0.05, 0.1) is 5.69 Å². The molecule has 0 radical (unpaired) electrons.